The number of fused-ring (bicyclic) bond motifs is 1. The van der Waals surface area contributed by atoms with Gasteiger partial charge < -0.3 is 68.5 Å². The van der Waals surface area contributed by atoms with Crippen LogP contribution in [0.5, 0.6) is 0 Å². The first-order chi connectivity index (χ1) is 38.1. The third-order valence-electron chi connectivity index (χ3n) is 17.7. The molecule has 0 radical (unpaired) electrons. The van der Waals surface area contributed by atoms with E-state index in [-0.39, 0.29) is 36.7 Å². The zero-order chi connectivity index (χ0) is 59.6. The summed E-state index contributed by atoms with van der Waals surface area (Å²) in [5, 5.41) is 68.3. The highest BCUT2D eigenvalue weighted by molar-refractivity contribution is 14.1. The quantitative estimate of drug-likeness (QED) is 0.0533. The first-order valence-electron chi connectivity index (χ1n) is 28.2. The summed E-state index contributed by atoms with van der Waals surface area (Å²) >= 11 is 1.81. The van der Waals surface area contributed by atoms with Gasteiger partial charge in [0.05, 0.1) is 53.1 Å². The number of rotatable bonds is 16. The molecule has 81 heavy (non-hydrogen) atoms. The molecule has 0 bridgehead atoms. The Morgan fingerprint density at radius 2 is 1.54 bits per heavy atom. The number of ketones is 2. The summed E-state index contributed by atoms with van der Waals surface area (Å²) < 4.78 is 59.3. The molecule has 452 valence electrons. The maximum atomic E-state index is 15.1. The molecule has 0 saturated carbocycles. The number of aromatic nitrogens is 3. The van der Waals surface area contributed by atoms with Crippen molar-refractivity contribution in [2.45, 2.75) is 195 Å². The molecule has 0 spiro atoms. The van der Waals surface area contributed by atoms with Crippen molar-refractivity contribution in [3.8, 4) is 0 Å². The molecule has 22 heteroatoms. The number of Topliss-reactive ketones (excluding diaryl/α,β-unsaturated/α-hetero) is 2. The van der Waals surface area contributed by atoms with E-state index in [2.05, 4.69) is 10.3 Å². The second-order valence-corrected chi connectivity index (χ2v) is 25.3. The van der Waals surface area contributed by atoms with Gasteiger partial charge in [0, 0.05) is 75.5 Å². The Kier molecular flexibility index (Phi) is 21.6. The largest absolute Gasteiger partial charge is 0.448 e. The first kappa shape index (κ1) is 65.1. The lowest BCUT2D eigenvalue weighted by molar-refractivity contribution is -0.318. The van der Waals surface area contributed by atoms with Crippen LogP contribution in [0.25, 0.3) is 0 Å². The van der Waals surface area contributed by atoms with Crippen molar-refractivity contribution in [1.82, 2.24) is 24.8 Å². The Hall–Kier alpha value is -3.47. The highest BCUT2D eigenvalue weighted by atomic mass is 127. The number of esters is 1. The van der Waals surface area contributed by atoms with Crippen LogP contribution in [-0.2, 0) is 50.8 Å². The number of carbonyl (C=O) groups excluding carboxylic acids is 3. The third kappa shape index (κ3) is 14.3. The lowest BCUT2D eigenvalue weighted by Gasteiger charge is -2.49. The number of halogens is 2. The topological polar surface area (TPSA) is 254 Å². The van der Waals surface area contributed by atoms with Crippen molar-refractivity contribution < 1.29 is 77.5 Å². The fraction of sp³-hybridized carbons (Fsp3) is 0.712. The van der Waals surface area contributed by atoms with E-state index in [9.17, 15) is 39.9 Å². The highest BCUT2D eigenvalue weighted by Gasteiger charge is 2.53. The molecule has 1 aromatic heterocycles. The molecular weight excluding hydrogens is 1160 g/mol. The molecule has 3 aliphatic heterocycles. The van der Waals surface area contributed by atoms with E-state index in [1.807, 2.05) is 65.4 Å². The van der Waals surface area contributed by atoms with Crippen molar-refractivity contribution in [2.75, 3.05) is 48.1 Å². The Bertz CT molecular complexity index is 2560. The van der Waals surface area contributed by atoms with Crippen LogP contribution in [-0.4, -0.2) is 204 Å². The molecule has 0 unspecified atom stereocenters. The fourth-order valence-corrected chi connectivity index (χ4v) is 13.2. The van der Waals surface area contributed by atoms with Crippen LogP contribution in [0.15, 0.2) is 54.7 Å². The SMILES string of the molecule is CO[C@H](c1ccc(CC2C(=O)c3ccccc3C2=O)cc1)[C@@H](CF)n1cc(CCN(C)[C@H]2C[C@@H](C)O[C@@H](O[C@@H]3[C@@H](C)[C@H](O[C@H]4C[C@@](C)(OC)[C@@H](O)[C@H](C)O4)[C@@H](C)C(=O)O[C@H](I)[C@@](C)(O)[C@H](O)[C@@H](C)N(C)C[C@H](C)C[C@@]3(C)O)[C@@H]2O)nn1. The van der Waals surface area contributed by atoms with Crippen molar-refractivity contribution in [2.24, 2.45) is 23.7 Å². The van der Waals surface area contributed by atoms with Crippen LogP contribution in [0.4, 0.5) is 4.39 Å². The summed E-state index contributed by atoms with van der Waals surface area (Å²) in [6.07, 6.45) is -7.29. The number of likely N-dealkylation sites (N-methyl/N-ethyl adjacent to an activating group) is 2. The van der Waals surface area contributed by atoms with E-state index < -0.39 is 131 Å². The molecule has 1 aliphatic carbocycles. The summed E-state index contributed by atoms with van der Waals surface area (Å²) in [5.41, 5.74) is -1.77. The number of alkyl halides is 2. The van der Waals surface area contributed by atoms with E-state index in [4.69, 9.17) is 33.2 Å². The molecule has 3 aromatic rings. The molecule has 7 rings (SSSR count). The van der Waals surface area contributed by atoms with Crippen LogP contribution in [0, 0.1) is 23.7 Å². The minimum absolute atomic E-state index is 0.0674. The number of cyclic esters (lactones) is 1. The number of hydrogen-bond donors (Lipinski definition) is 5. The summed E-state index contributed by atoms with van der Waals surface area (Å²) in [6, 6.07) is 12.1. The maximum Gasteiger partial charge on any atom is 0.312 e. The number of nitrogens with zero attached hydrogens (tertiary/aromatic N) is 5. The van der Waals surface area contributed by atoms with Crippen molar-refractivity contribution in [1.29, 1.82) is 0 Å². The van der Waals surface area contributed by atoms with Gasteiger partial charge in [-0.3, -0.25) is 14.4 Å². The van der Waals surface area contributed by atoms with Gasteiger partial charge in [-0.1, -0.05) is 67.6 Å². The minimum atomic E-state index is -1.89. The average Bonchev–Trinajstić information content (AvgIpc) is 4.22. The predicted octanol–water partition coefficient (Wildman–Crippen LogP) is 5.22. The van der Waals surface area contributed by atoms with Crippen LogP contribution < -0.4 is 0 Å². The van der Waals surface area contributed by atoms with Gasteiger partial charge in [0.25, 0.3) is 0 Å². The fourth-order valence-electron chi connectivity index (χ4n) is 12.6. The lowest BCUT2D eigenvalue weighted by Crippen LogP contribution is -2.60. The van der Waals surface area contributed by atoms with E-state index in [1.165, 1.54) is 25.8 Å². The third-order valence-corrected chi connectivity index (χ3v) is 19.2. The number of ether oxygens (including phenoxy) is 7. The van der Waals surface area contributed by atoms with E-state index in [0.29, 0.717) is 48.3 Å². The van der Waals surface area contributed by atoms with Gasteiger partial charge in [-0.2, -0.15) is 0 Å². The van der Waals surface area contributed by atoms with E-state index >= 15 is 4.39 Å². The molecule has 5 N–H and O–H groups in total. The van der Waals surface area contributed by atoms with E-state index in [0.717, 1.165) is 5.56 Å². The molecule has 20 atom stereocenters. The predicted molar refractivity (Wildman–Crippen MR) is 304 cm³/mol. The number of benzene rings is 2. The summed E-state index contributed by atoms with van der Waals surface area (Å²) in [6.45, 7) is 15.4. The molecule has 0 amide bonds. The first-order valence-corrected chi connectivity index (χ1v) is 29.5. The minimum Gasteiger partial charge on any atom is -0.448 e. The summed E-state index contributed by atoms with van der Waals surface area (Å²) in [7, 11) is 6.65. The summed E-state index contributed by atoms with van der Waals surface area (Å²) in [4.78, 5) is 44.4. The second kappa shape index (κ2) is 26.8. The zero-order valence-electron chi connectivity index (χ0n) is 49.1. The number of methoxy groups -OCH3 is 2. The molecule has 20 nitrogen and oxygen atoms in total. The molecule has 3 fully saturated rings. The van der Waals surface area contributed by atoms with Crippen LogP contribution in [0.3, 0.4) is 0 Å². The normalized spacial score (nSPS) is 37.8. The Balaban J connectivity index is 1.09. The number of aliphatic hydroxyl groups excluding tert-OH is 3. The van der Waals surface area contributed by atoms with Gasteiger partial charge in [0.2, 0.25) is 0 Å². The average molecular weight is 1250 g/mol. The monoisotopic (exact) mass is 1250 g/mol. The lowest BCUT2D eigenvalue weighted by atomic mass is 9.77. The van der Waals surface area contributed by atoms with Gasteiger partial charge in [-0.05, 0) is 121 Å². The number of aliphatic hydroxyl groups is 5. The Morgan fingerprint density at radius 3 is 2.15 bits per heavy atom. The van der Waals surface area contributed by atoms with Crippen LogP contribution in [0.2, 0.25) is 0 Å². The number of hydrogen-bond acceptors (Lipinski definition) is 19. The molecule has 4 heterocycles. The maximum absolute atomic E-state index is 15.1. The van der Waals surface area contributed by atoms with Gasteiger partial charge in [0.1, 0.15) is 42.7 Å². The van der Waals surface area contributed by atoms with Gasteiger partial charge in [-0.25, -0.2) is 9.07 Å². The van der Waals surface area contributed by atoms with Crippen molar-refractivity contribution >= 4 is 40.1 Å². The molecule has 4 aliphatic rings. The molecule has 3 saturated heterocycles. The van der Waals surface area contributed by atoms with Gasteiger partial charge >= 0.3 is 5.97 Å². The van der Waals surface area contributed by atoms with Crippen LogP contribution >= 0.6 is 22.6 Å². The number of carbonyl (C=O) groups is 3. The standard InChI is InChI=1S/C59H87FIN5O15/c1-31-26-57(7,73)53(33(3)49(79-45-27-58(8,76-13)52(71)36(6)78-45)34(4)54(72)81-56(61)59(9,74)51(70)35(5)65(11)29-31)80-55-48(69)43(24-32(2)77-55)64(10)23-22-39-30-66(63-62-39)44(28-60)50(75-12)38-20-18-37(19-21-38)25-42-46(67)40-16-14-15-17-41(40)47(42)68/h14-21,30-36,42-45,48-53,55-56,69-71,73-74H,22-29H2,1-13H3/t31-,32-,33+,34-,35-,36+,43+,44-,45+,48-,49+,50-,51-,52+,53-,55+,56+,57-,58-,59+/m1/s1. The highest BCUT2D eigenvalue weighted by Crippen LogP contribution is 2.41. The second-order valence-electron chi connectivity index (χ2n) is 24.2. The smallest absolute Gasteiger partial charge is 0.312 e. The van der Waals surface area contributed by atoms with Crippen LogP contribution in [0.1, 0.15) is 131 Å². The molecule has 2 aromatic carbocycles. The molecular formula is C59H87FIN5O15. The van der Waals surface area contributed by atoms with Crippen molar-refractivity contribution in [3.63, 3.8) is 0 Å². The van der Waals surface area contributed by atoms with E-state index in [1.54, 1.807) is 91.2 Å². The Labute approximate surface area is 489 Å². The summed E-state index contributed by atoms with van der Waals surface area (Å²) in [5.74, 6) is -4.16. The Morgan fingerprint density at radius 1 is 0.901 bits per heavy atom. The van der Waals surface area contributed by atoms with Gasteiger partial charge in [0.15, 0.2) is 28.3 Å². The zero-order valence-corrected chi connectivity index (χ0v) is 51.2. The van der Waals surface area contributed by atoms with Crippen molar-refractivity contribution in [3.05, 3.63) is 82.7 Å². The van der Waals surface area contributed by atoms with Gasteiger partial charge in [-0.15, -0.1) is 5.10 Å².